The molecule has 114 heavy (non-hydrogen) atoms. The lowest BCUT2D eigenvalue weighted by Gasteiger charge is -2.24. The van der Waals surface area contributed by atoms with Gasteiger partial charge in [-0.2, -0.15) is 0 Å². The number of rotatable bonds is 17. The molecule has 0 saturated carbocycles. The fraction of sp³-hybridized carbons (Fsp3) is 0.0364. The first-order valence-electron chi connectivity index (χ1n) is 38.9. The van der Waals surface area contributed by atoms with Crippen molar-refractivity contribution in [3.8, 4) is 100 Å². The summed E-state index contributed by atoms with van der Waals surface area (Å²) >= 11 is 0. The molecule has 18 aromatic carbocycles. The number of anilines is 8. The predicted molar refractivity (Wildman–Crippen MR) is 490 cm³/mol. The summed E-state index contributed by atoms with van der Waals surface area (Å²) < 4.78 is 0. The van der Waals surface area contributed by atoms with Crippen molar-refractivity contribution in [2.24, 2.45) is 0 Å². The van der Waals surface area contributed by atoms with Gasteiger partial charge in [-0.1, -0.05) is 400 Å². The largest absolute Gasteiger partial charge is 0.344 e. The van der Waals surface area contributed by atoms with E-state index in [-0.39, 0.29) is 0 Å². The van der Waals surface area contributed by atoms with E-state index < -0.39 is 0 Å². The third-order valence-corrected chi connectivity index (χ3v) is 21.0. The Morgan fingerprint density at radius 3 is 0.658 bits per heavy atom. The van der Waals surface area contributed by atoms with Crippen molar-refractivity contribution in [3.63, 3.8) is 0 Å². The van der Waals surface area contributed by atoms with Gasteiger partial charge in [0, 0.05) is 101 Å². The predicted octanol–water partition coefficient (Wildman–Crippen LogP) is 30.0. The van der Waals surface area contributed by atoms with Crippen LogP contribution in [0.2, 0.25) is 0 Å². The lowest BCUT2D eigenvalue weighted by atomic mass is 9.97. The van der Waals surface area contributed by atoms with E-state index in [2.05, 4.69) is 515 Å². The monoisotopic (exact) mass is 1470 g/mol. The molecular weight excluding hydrogens is 1380 g/mol. The summed E-state index contributed by atoms with van der Waals surface area (Å²) in [6.45, 7) is 0. The van der Waals surface area contributed by atoms with Crippen molar-refractivity contribution in [1.29, 1.82) is 0 Å². The van der Waals surface area contributed by atoms with Crippen molar-refractivity contribution in [2.75, 3.05) is 47.8 Å². The standard InChI is InChI=1S/2C31H25N.C25H21N.C23H19N/c1-32(31-20-12-11-19-30(31)26-17-9-4-10-18-26)29-22-27(24-13-5-2-6-14-24)21-28(23-29)25-15-7-3-8-16-25;1-32(31-15-9-8-14-30(31)28-12-6-3-7-13-28)29-22-20-27(21-23-29)26-18-16-25(17-19-26)24-10-4-2-5-11-24;1-26(23-18-16-21(17-19-23)20-10-4-2-5-11-20)25-15-9-8-14-24(25)22-12-6-3-7-13-22;1-24(23-17-9-13-19-12-5-6-14-21(19)23)22-16-8-7-15-20(22)18-10-3-2-4-11-18/h2*2-23H,1H3;2-19H,1H3;2-17H,1H3. The van der Waals surface area contributed by atoms with Crippen LogP contribution in [0, 0.1) is 0 Å². The van der Waals surface area contributed by atoms with Crippen LogP contribution in [0.4, 0.5) is 45.5 Å². The highest BCUT2D eigenvalue weighted by molar-refractivity contribution is 5.98. The fourth-order valence-electron chi connectivity index (χ4n) is 14.8. The lowest BCUT2D eigenvalue weighted by Crippen LogP contribution is -2.11. The summed E-state index contributed by atoms with van der Waals surface area (Å²) in [7, 11) is 8.55. The zero-order chi connectivity index (χ0) is 77.6. The zero-order valence-electron chi connectivity index (χ0n) is 64.8. The average Bonchev–Trinajstić information content (AvgIpc) is 0.791. The van der Waals surface area contributed by atoms with Crippen LogP contribution in [-0.2, 0) is 0 Å². The first kappa shape index (κ1) is 74.9. The summed E-state index contributed by atoms with van der Waals surface area (Å²) in [6, 6.07) is 167. The van der Waals surface area contributed by atoms with E-state index in [0.29, 0.717) is 0 Å². The van der Waals surface area contributed by atoms with Crippen molar-refractivity contribution < 1.29 is 0 Å². The Bertz CT molecular complexity index is 5980. The summed E-state index contributed by atoms with van der Waals surface area (Å²) in [6.07, 6.45) is 0. The van der Waals surface area contributed by atoms with E-state index in [0.717, 1.165) is 11.4 Å². The molecule has 0 aromatic heterocycles. The van der Waals surface area contributed by atoms with Gasteiger partial charge in [0.1, 0.15) is 0 Å². The Morgan fingerprint density at radius 1 is 0.132 bits per heavy atom. The first-order chi connectivity index (χ1) is 56.3. The second-order valence-corrected chi connectivity index (χ2v) is 28.2. The van der Waals surface area contributed by atoms with Crippen LogP contribution < -0.4 is 19.6 Å². The van der Waals surface area contributed by atoms with Gasteiger partial charge in [0.05, 0.1) is 0 Å². The molecule has 0 unspecified atom stereocenters. The molecule has 0 aliphatic carbocycles. The van der Waals surface area contributed by atoms with Crippen LogP contribution in [-0.4, -0.2) is 28.2 Å². The Kier molecular flexibility index (Phi) is 24.1. The number of hydrogen-bond donors (Lipinski definition) is 0. The topological polar surface area (TPSA) is 13.0 Å². The van der Waals surface area contributed by atoms with Gasteiger partial charge < -0.3 is 19.6 Å². The van der Waals surface area contributed by atoms with Crippen LogP contribution in [0.25, 0.3) is 111 Å². The van der Waals surface area contributed by atoms with E-state index in [4.69, 9.17) is 0 Å². The lowest BCUT2D eigenvalue weighted by molar-refractivity contribution is 1.21. The molecule has 550 valence electrons. The molecule has 0 heterocycles. The number of nitrogens with zero attached hydrogens (tertiary/aromatic N) is 4. The van der Waals surface area contributed by atoms with Gasteiger partial charge in [0.25, 0.3) is 0 Å². The second-order valence-electron chi connectivity index (χ2n) is 28.2. The van der Waals surface area contributed by atoms with Crippen LogP contribution in [0.3, 0.4) is 0 Å². The minimum atomic E-state index is 1.16. The first-order valence-corrected chi connectivity index (χ1v) is 38.9. The number of hydrogen-bond acceptors (Lipinski definition) is 4. The third kappa shape index (κ3) is 18.0. The molecule has 0 bridgehead atoms. The molecule has 0 spiro atoms. The van der Waals surface area contributed by atoms with E-state index in [1.54, 1.807) is 0 Å². The maximum Gasteiger partial charge on any atom is 0.0487 e. The highest BCUT2D eigenvalue weighted by Gasteiger charge is 2.18. The van der Waals surface area contributed by atoms with E-state index >= 15 is 0 Å². The van der Waals surface area contributed by atoms with Gasteiger partial charge >= 0.3 is 0 Å². The zero-order valence-corrected chi connectivity index (χ0v) is 64.8. The minimum Gasteiger partial charge on any atom is -0.344 e. The molecule has 0 aliphatic rings. The number of para-hydroxylation sites is 4. The summed E-state index contributed by atoms with van der Waals surface area (Å²) in [5, 5.41) is 2.53. The maximum absolute atomic E-state index is 2.29. The van der Waals surface area contributed by atoms with E-state index in [1.165, 1.54) is 145 Å². The molecule has 4 heteroatoms. The normalized spacial score (nSPS) is 10.6. The van der Waals surface area contributed by atoms with Crippen molar-refractivity contribution in [1.82, 2.24) is 0 Å². The second kappa shape index (κ2) is 36.8. The van der Waals surface area contributed by atoms with Gasteiger partial charge in [-0.15, -0.1) is 0 Å². The van der Waals surface area contributed by atoms with Crippen LogP contribution in [0.1, 0.15) is 0 Å². The molecule has 0 N–H and O–H groups in total. The van der Waals surface area contributed by atoms with Gasteiger partial charge in [0.15, 0.2) is 0 Å². The summed E-state index contributed by atoms with van der Waals surface area (Å²) in [5.41, 5.74) is 31.6. The van der Waals surface area contributed by atoms with Crippen molar-refractivity contribution >= 4 is 56.3 Å². The molecule has 0 amide bonds. The highest BCUT2D eigenvalue weighted by Crippen LogP contribution is 2.42. The molecule has 0 fully saturated rings. The van der Waals surface area contributed by atoms with Gasteiger partial charge in [-0.3, -0.25) is 0 Å². The third-order valence-electron chi connectivity index (χ3n) is 21.0. The molecule has 0 saturated heterocycles. The molecule has 4 nitrogen and oxygen atoms in total. The van der Waals surface area contributed by atoms with Crippen molar-refractivity contribution in [2.45, 2.75) is 0 Å². The Hall–Kier alpha value is -14.6. The smallest absolute Gasteiger partial charge is 0.0487 e. The Labute approximate surface area is 673 Å². The van der Waals surface area contributed by atoms with E-state index in [1.807, 2.05) is 6.07 Å². The van der Waals surface area contributed by atoms with Crippen LogP contribution in [0.5, 0.6) is 0 Å². The van der Waals surface area contributed by atoms with Crippen LogP contribution >= 0.6 is 0 Å². The highest BCUT2D eigenvalue weighted by atomic mass is 15.1. The molecular formula is C110H90N4. The minimum absolute atomic E-state index is 1.16. The number of fused-ring (bicyclic) bond motifs is 1. The fourth-order valence-corrected chi connectivity index (χ4v) is 14.8. The molecule has 0 radical (unpaired) electrons. The molecule has 0 aliphatic heterocycles. The van der Waals surface area contributed by atoms with Crippen LogP contribution in [0.15, 0.2) is 473 Å². The van der Waals surface area contributed by atoms with E-state index in [9.17, 15) is 0 Å². The summed E-state index contributed by atoms with van der Waals surface area (Å²) in [5.74, 6) is 0. The Balaban J connectivity index is 0.000000121. The molecule has 18 rings (SSSR count). The van der Waals surface area contributed by atoms with Crippen molar-refractivity contribution in [3.05, 3.63) is 473 Å². The van der Waals surface area contributed by atoms with Gasteiger partial charge in [-0.25, -0.2) is 0 Å². The SMILES string of the molecule is CN(c1cc(-c2ccccc2)cc(-c2ccccc2)c1)c1ccccc1-c1ccccc1.CN(c1ccc(-c2ccc(-c3ccccc3)cc2)cc1)c1ccccc1-c1ccccc1.CN(c1ccc(-c2ccccc2)cc1)c1ccccc1-c1ccccc1.CN(c1ccccc1-c1ccccc1)c1cccc2ccccc12. The summed E-state index contributed by atoms with van der Waals surface area (Å²) in [4.78, 5) is 9.08. The number of benzene rings is 18. The van der Waals surface area contributed by atoms with Gasteiger partial charge in [-0.05, 0) is 156 Å². The average molecular weight is 1470 g/mol. The molecule has 0 atom stereocenters. The maximum atomic E-state index is 2.29. The Morgan fingerprint density at radius 2 is 0.342 bits per heavy atom. The quantitative estimate of drug-likeness (QED) is 0.0901. The molecule has 18 aromatic rings. The van der Waals surface area contributed by atoms with Gasteiger partial charge in [0.2, 0.25) is 0 Å².